The Morgan fingerprint density at radius 1 is 1.19 bits per heavy atom. The van der Waals surface area contributed by atoms with E-state index in [0.717, 1.165) is 38.3 Å². The van der Waals surface area contributed by atoms with Crippen molar-refractivity contribution in [2.75, 3.05) is 45.9 Å². The van der Waals surface area contributed by atoms with Gasteiger partial charge < -0.3 is 15.0 Å². The number of hydrogen-bond acceptors (Lipinski definition) is 5. The molecule has 1 unspecified atom stereocenters. The van der Waals surface area contributed by atoms with E-state index in [1.54, 1.807) is 6.20 Å². The van der Waals surface area contributed by atoms with E-state index in [1.165, 1.54) is 25.7 Å². The van der Waals surface area contributed by atoms with Crippen LogP contribution in [0.2, 0.25) is 0 Å². The van der Waals surface area contributed by atoms with Gasteiger partial charge in [-0.05, 0) is 51.4 Å². The fraction of sp³-hybridized carbons (Fsp3) is 0.714. The van der Waals surface area contributed by atoms with Crippen molar-refractivity contribution < 1.29 is 9.53 Å². The van der Waals surface area contributed by atoms with Gasteiger partial charge in [-0.3, -0.25) is 14.7 Å². The van der Waals surface area contributed by atoms with Crippen LogP contribution in [0, 0.1) is 0 Å². The summed E-state index contributed by atoms with van der Waals surface area (Å²) < 4.78 is 5.48. The molecule has 27 heavy (non-hydrogen) atoms. The molecule has 2 fully saturated rings. The summed E-state index contributed by atoms with van der Waals surface area (Å²) in [7, 11) is 0. The summed E-state index contributed by atoms with van der Waals surface area (Å²) in [6, 6.07) is 3.58. The van der Waals surface area contributed by atoms with Crippen molar-refractivity contribution in [1.82, 2.24) is 20.1 Å². The van der Waals surface area contributed by atoms with Crippen molar-refractivity contribution in [2.24, 2.45) is 0 Å². The molecule has 1 amide bonds. The molecule has 2 saturated heterocycles. The first-order chi connectivity index (χ1) is 13.1. The van der Waals surface area contributed by atoms with Crippen molar-refractivity contribution in [3.8, 4) is 0 Å². The van der Waals surface area contributed by atoms with Crippen molar-refractivity contribution in [3.05, 3.63) is 30.1 Å². The van der Waals surface area contributed by atoms with Crippen LogP contribution >= 0.6 is 0 Å². The first-order valence-corrected chi connectivity index (χ1v) is 10.3. The van der Waals surface area contributed by atoms with Crippen molar-refractivity contribution in [2.45, 2.75) is 51.1 Å². The molecule has 3 heterocycles. The number of morpholine rings is 1. The molecule has 1 N–H and O–H groups in total. The Hall–Kier alpha value is -1.50. The van der Waals surface area contributed by atoms with Crippen LogP contribution in [-0.4, -0.2) is 72.2 Å². The van der Waals surface area contributed by atoms with Gasteiger partial charge in [0.2, 0.25) is 5.91 Å². The second-order valence-electron chi connectivity index (χ2n) is 8.40. The molecule has 2 aliphatic rings. The monoisotopic (exact) mass is 374 g/mol. The molecule has 2 aliphatic heterocycles. The van der Waals surface area contributed by atoms with Crippen LogP contribution in [0.5, 0.6) is 0 Å². The summed E-state index contributed by atoms with van der Waals surface area (Å²) in [5.41, 5.74) is 0.677. The molecule has 0 spiro atoms. The van der Waals surface area contributed by atoms with E-state index in [2.05, 4.69) is 33.9 Å². The third kappa shape index (κ3) is 5.99. The molecule has 6 heteroatoms. The van der Waals surface area contributed by atoms with Gasteiger partial charge in [-0.25, -0.2) is 0 Å². The SMILES string of the molecule is CC(C)(CN1CCCCCC1)NC(=O)C(c1cccnc1)N1CCOCC1. The lowest BCUT2D eigenvalue weighted by molar-refractivity contribution is -0.130. The Labute approximate surface area is 163 Å². The highest BCUT2D eigenvalue weighted by Crippen LogP contribution is 2.23. The molecule has 1 aromatic heterocycles. The summed E-state index contributed by atoms with van der Waals surface area (Å²) in [6.45, 7) is 10.3. The maximum absolute atomic E-state index is 13.3. The third-order valence-electron chi connectivity index (χ3n) is 5.44. The van der Waals surface area contributed by atoms with Crippen molar-refractivity contribution in [1.29, 1.82) is 0 Å². The molecule has 0 aliphatic carbocycles. The zero-order valence-corrected chi connectivity index (χ0v) is 16.8. The maximum Gasteiger partial charge on any atom is 0.242 e. The number of carbonyl (C=O) groups excluding carboxylic acids is 1. The summed E-state index contributed by atoms with van der Waals surface area (Å²) in [5, 5.41) is 3.33. The summed E-state index contributed by atoms with van der Waals surface area (Å²) in [5.74, 6) is 0.0599. The molecule has 150 valence electrons. The number of pyridine rings is 1. The minimum atomic E-state index is -0.314. The molecule has 0 aromatic carbocycles. The number of carbonyl (C=O) groups is 1. The predicted molar refractivity (Wildman–Crippen MR) is 106 cm³/mol. The Morgan fingerprint density at radius 2 is 1.89 bits per heavy atom. The van der Waals surface area contributed by atoms with Gasteiger partial charge >= 0.3 is 0 Å². The van der Waals surface area contributed by atoms with Gasteiger partial charge in [-0.15, -0.1) is 0 Å². The number of aromatic nitrogens is 1. The number of amides is 1. The molecule has 6 nitrogen and oxygen atoms in total. The molecule has 0 saturated carbocycles. The lowest BCUT2D eigenvalue weighted by atomic mass is 10.0. The molecule has 0 bridgehead atoms. The minimum Gasteiger partial charge on any atom is -0.379 e. The van der Waals surface area contributed by atoms with Crippen LogP contribution in [0.15, 0.2) is 24.5 Å². The number of likely N-dealkylation sites (tertiary alicyclic amines) is 1. The van der Waals surface area contributed by atoms with E-state index in [4.69, 9.17) is 4.74 Å². The normalized spacial score (nSPS) is 21.4. The number of hydrogen-bond donors (Lipinski definition) is 1. The second kappa shape index (κ2) is 9.62. The van der Waals surface area contributed by atoms with Gasteiger partial charge in [0.1, 0.15) is 6.04 Å². The Kier molecular flexibility index (Phi) is 7.21. The van der Waals surface area contributed by atoms with Crippen LogP contribution in [0.1, 0.15) is 51.1 Å². The zero-order chi connectivity index (χ0) is 19.1. The fourth-order valence-electron chi connectivity index (χ4n) is 4.20. The van der Waals surface area contributed by atoms with Crippen molar-refractivity contribution in [3.63, 3.8) is 0 Å². The van der Waals surface area contributed by atoms with Gasteiger partial charge in [0, 0.05) is 37.6 Å². The van der Waals surface area contributed by atoms with Crippen LogP contribution in [0.4, 0.5) is 0 Å². The fourth-order valence-corrected chi connectivity index (χ4v) is 4.20. The second-order valence-corrected chi connectivity index (χ2v) is 8.40. The van der Waals surface area contributed by atoms with E-state index in [0.29, 0.717) is 13.2 Å². The van der Waals surface area contributed by atoms with Crippen LogP contribution < -0.4 is 5.32 Å². The summed E-state index contributed by atoms with van der Waals surface area (Å²) >= 11 is 0. The third-order valence-corrected chi connectivity index (χ3v) is 5.44. The van der Waals surface area contributed by atoms with Gasteiger partial charge in [0.05, 0.1) is 13.2 Å². The first-order valence-electron chi connectivity index (χ1n) is 10.3. The quantitative estimate of drug-likeness (QED) is 0.827. The van der Waals surface area contributed by atoms with Crippen LogP contribution in [0.25, 0.3) is 0 Å². The average Bonchev–Trinajstić information content (AvgIpc) is 2.91. The Balaban J connectivity index is 1.69. The van der Waals surface area contributed by atoms with E-state index in [9.17, 15) is 4.79 Å². The van der Waals surface area contributed by atoms with Crippen LogP contribution in [-0.2, 0) is 9.53 Å². The molecule has 3 rings (SSSR count). The highest BCUT2D eigenvalue weighted by atomic mass is 16.5. The highest BCUT2D eigenvalue weighted by molar-refractivity contribution is 5.83. The van der Waals surface area contributed by atoms with Crippen molar-refractivity contribution >= 4 is 5.91 Å². The number of rotatable bonds is 6. The Bertz CT molecular complexity index is 579. The topological polar surface area (TPSA) is 57.7 Å². The summed E-state index contributed by atoms with van der Waals surface area (Å²) in [4.78, 5) is 22.3. The standard InChI is InChI=1S/C21H34N4O2/c1-21(2,17-24-10-5-3-4-6-11-24)23-20(26)19(18-8-7-9-22-16-18)25-12-14-27-15-13-25/h7-9,16,19H,3-6,10-15,17H2,1-2H3,(H,23,26). The van der Waals surface area contributed by atoms with E-state index >= 15 is 0 Å². The molecule has 1 aromatic rings. The van der Waals surface area contributed by atoms with Gasteiger partial charge in [0.25, 0.3) is 0 Å². The van der Waals surface area contributed by atoms with E-state index < -0.39 is 0 Å². The van der Waals surface area contributed by atoms with Gasteiger partial charge in [-0.2, -0.15) is 0 Å². The molecule has 0 radical (unpaired) electrons. The summed E-state index contributed by atoms with van der Waals surface area (Å²) in [6.07, 6.45) is 8.72. The zero-order valence-electron chi connectivity index (χ0n) is 16.8. The van der Waals surface area contributed by atoms with E-state index in [-0.39, 0.29) is 17.5 Å². The first kappa shape index (κ1) is 20.2. The van der Waals surface area contributed by atoms with Crippen LogP contribution in [0.3, 0.4) is 0 Å². The number of nitrogens with zero attached hydrogens (tertiary/aromatic N) is 3. The molecule has 1 atom stereocenters. The highest BCUT2D eigenvalue weighted by Gasteiger charge is 2.33. The largest absolute Gasteiger partial charge is 0.379 e. The Morgan fingerprint density at radius 3 is 2.52 bits per heavy atom. The maximum atomic E-state index is 13.3. The van der Waals surface area contributed by atoms with Gasteiger partial charge in [0.15, 0.2) is 0 Å². The number of ether oxygens (including phenoxy) is 1. The lowest BCUT2D eigenvalue weighted by Gasteiger charge is -2.38. The average molecular weight is 375 g/mol. The smallest absolute Gasteiger partial charge is 0.242 e. The molecular formula is C21H34N4O2. The van der Waals surface area contributed by atoms with Gasteiger partial charge in [-0.1, -0.05) is 18.9 Å². The van der Waals surface area contributed by atoms with E-state index in [1.807, 2.05) is 18.3 Å². The number of nitrogens with one attached hydrogen (secondary N) is 1. The minimum absolute atomic E-state index is 0.0599. The lowest BCUT2D eigenvalue weighted by Crippen LogP contribution is -2.55. The predicted octanol–water partition coefficient (Wildman–Crippen LogP) is 2.23. The molecular weight excluding hydrogens is 340 g/mol.